The van der Waals surface area contributed by atoms with E-state index in [1.54, 1.807) is 4.57 Å². The summed E-state index contributed by atoms with van der Waals surface area (Å²) < 4.78 is 1.60. The first-order chi connectivity index (χ1) is 13.7. The maximum Gasteiger partial charge on any atom is 0.348 e. The Morgan fingerprint density at radius 3 is 2.82 bits per heavy atom. The van der Waals surface area contributed by atoms with E-state index in [-0.39, 0.29) is 30.5 Å². The van der Waals surface area contributed by atoms with Crippen LogP contribution >= 0.6 is 11.8 Å². The van der Waals surface area contributed by atoms with E-state index in [1.807, 2.05) is 23.1 Å². The van der Waals surface area contributed by atoms with Gasteiger partial charge < -0.3 is 10.0 Å². The average molecular weight is 400 g/mol. The molecule has 0 atom stereocenters. The third kappa shape index (κ3) is 3.73. The zero-order chi connectivity index (χ0) is 19.5. The summed E-state index contributed by atoms with van der Waals surface area (Å²) in [5.74, 6) is 0.333. The molecule has 1 aliphatic carbocycles. The molecule has 1 aromatic heterocycles. The van der Waals surface area contributed by atoms with E-state index in [9.17, 15) is 14.7 Å². The van der Waals surface area contributed by atoms with Crippen molar-refractivity contribution in [2.75, 3.05) is 23.8 Å². The molecular weight excluding hydrogens is 374 g/mol. The lowest BCUT2D eigenvalue weighted by atomic mass is 9.97. The van der Waals surface area contributed by atoms with Gasteiger partial charge in [-0.15, -0.1) is 0 Å². The van der Waals surface area contributed by atoms with Gasteiger partial charge in [0.15, 0.2) is 0 Å². The molecule has 6 nitrogen and oxygen atoms in total. The van der Waals surface area contributed by atoms with Crippen LogP contribution in [0.4, 0.5) is 5.69 Å². The molecule has 1 aromatic carbocycles. The van der Waals surface area contributed by atoms with Crippen LogP contribution in [0.2, 0.25) is 0 Å². The van der Waals surface area contributed by atoms with Crippen molar-refractivity contribution >= 4 is 23.4 Å². The first kappa shape index (κ1) is 19.2. The molecule has 7 heteroatoms. The number of para-hydroxylation sites is 1. The summed E-state index contributed by atoms with van der Waals surface area (Å²) in [5, 5.41) is 9.96. The molecule has 1 aliphatic heterocycles. The smallest absolute Gasteiger partial charge is 0.348 e. The van der Waals surface area contributed by atoms with E-state index in [0.29, 0.717) is 5.03 Å². The number of aliphatic hydroxyl groups is 1. The van der Waals surface area contributed by atoms with Gasteiger partial charge in [-0.3, -0.25) is 9.36 Å². The minimum Gasteiger partial charge on any atom is -0.395 e. The zero-order valence-corrected chi connectivity index (χ0v) is 16.7. The molecule has 0 saturated carbocycles. The molecule has 1 amide bonds. The Balaban J connectivity index is 1.55. The maximum absolute atomic E-state index is 12.9. The fraction of sp³-hybridized carbons (Fsp3) is 0.476. The number of aliphatic hydroxyl groups excluding tert-OH is 1. The molecule has 4 rings (SSSR count). The van der Waals surface area contributed by atoms with Gasteiger partial charge in [0.05, 0.1) is 18.9 Å². The predicted octanol–water partition coefficient (Wildman–Crippen LogP) is 2.19. The highest BCUT2D eigenvalue weighted by Gasteiger charge is 2.24. The molecule has 2 heterocycles. The number of hydrogen-bond donors (Lipinski definition) is 1. The summed E-state index contributed by atoms with van der Waals surface area (Å²) in [4.78, 5) is 31.5. The van der Waals surface area contributed by atoms with Gasteiger partial charge in [0, 0.05) is 23.5 Å². The topological polar surface area (TPSA) is 75.4 Å². The number of carbonyl (C=O) groups is 1. The van der Waals surface area contributed by atoms with Crippen LogP contribution in [0.5, 0.6) is 0 Å². The molecular formula is C21H25N3O3S. The molecule has 28 heavy (non-hydrogen) atoms. The number of thioether (sulfide) groups is 1. The van der Waals surface area contributed by atoms with Crippen LogP contribution in [0.15, 0.2) is 34.1 Å². The summed E-state index contributed by atoms with van der Waals surface area (Å²) in [6, 6.07) is 8.07. The summed E-state index contributed by atoms with van der Waals surface area (Å²) >= 11 is 1.37. The summed E-state index contributed by atoms with van der Waals surface area (Å²) in [6.07, 6.45) is 5.78. The van der Waals surface area contributed by atoms with Crippen molar-refractivity contribution < 1.29 is 9.90 Å². The van der Waals surface area contributed by atoms with Gasteiger partial charge in [0.25, 0.3) is 0 Å². The van der Waals surface area contributed by atoms with Crippen LogP contribution in [0.1, 0.15) is 36.1 Å². The summed E-state index contributed by atoms with van der Waals surface area (Å²) in [6.45, 7) is 0.940. The molecule has 2 aromatic rings. The first-order valence-corrected chi connectivity index (χ1v) is 10.9. The lowest BCUT2D eigenvalue weighted by Crippen LogP contribution is -2.37. The zero-order valence-electron chi connectivity index (χ0n) is 15.9. The second-order valence-electron chi connectivity index (χ2n) is 7.27. The highest BCUT2D eigenvalue weighted by molar-refractivity contribution is 8.00. The summed E-state index contributed by atoms with van der Waals surface area (Å²) in [7, 11) is 0. The molecule has 0 spiro atoms. The van der Waals surface area contributed by atoms with Gasteiger partial charge in [-0.2, -0.15) is 4.98 Å². The lowest BCUT2D eigenvalue weighted by molar-refractivity contribution is -0.116. The normalized spacial score (nSPS) is 15.8. The second kappa shape index (κ2) is 8.49. The van der Waals surface area contributed by atoms with E-state index in [4.69, 9.17) is 0 Å². The number of hydrogen-bond acceptors (Lipinski definition) is 5. The molecule has 2 aliphatic rings. The Morgan fingerprint density at radius 2 is 1.96 bits per heavy atom. The van der Waals surface area contributed by atoms with Crippen molar-refractivity contribution in [3.8, 4) is 0 Å². The number of aromatic nitrogens is 2. The summed E-state index contributed by atoms with van der Waals surface area (Å²) in [5.41, 5.74) is 3.96. The van der Waals surface area contributed by atoms with Crippen LogP contribution in [0, 0.1) is 0 Å². The maximum atomic E-state index is 12.9. The molecule has 148 valence electrons. The minimum atomic E-state index is -0.326. The van der Waals surface area contributed by atoms with Crippen LogP contribution in [0.25, 0.3) is 0 Å². The number of benzene rings is 1. The Morgan fingerprint density at radius 1 is 1.14 bits per heavy atom. The third-order valence-corrected chi connectivity index (χ3v) is 6.52. The minimum absolute atomic E-state index is 0.0584. The van der Waals surface area contributed by atoms with E-state index in [0.717, 1.165) is 62.0 Å². The Bertz CT molecular complexity index is 941. The van der Waals surface area contributed by atoms with Crippen molar-refractivity contribution in [2.24, 2.45) is 0 Å². The Hall–Kier alpha value is -2.12. The molecule has 0 bridgehead atoms. The van der Waals surface area contributed by atoms with Gasteiger partial charge in [-0.25, -0.2) is 4.79 Å². The highest BCUT2D eigenvalue weighted by atomic mass is 32.2. The van der Waals surface area contributed by atoms with Gasteiger partial charge in [0.1, 0.15) is 5.03 Å². The van der Waals surface area contributed by atoms with E-state index < -0.39 is 0 Å². The molecule has 0 saturated heterocycles. The molecule has 0 radical (unpaired) electrons. The van der Waals surface area contributed by atoms with Gasteiger partial charge in [0.2, 0.25) is 5.91 Å². The quantitative estimate of drug-likeness (QED) is 0.616. The number of aryl methyl sites for hydroxylation is 1. The number of rotatable bonds is 5. The third-order valence-electron chi connectivity index (χ3n) is 5.52. The molecule has 0 fully saturated rings. The van der Waals surface area contributed by atoms with Crippen molar-refractivity contribution in [3.63, 3.8) is 0 Å². The Kier molecular flexibility index (Phi) is 5.82. The average Bonchev–Trinajstić information content (AvgIpc) is 2.74. The van der Waals surface area contributed by atoms with Crippen LogP contribution < -0.4 is 10.6 Å². The lowest BCUT2D eigenvalue weighted by Gasteiger charge is -2.29. The highest BCUT2D eigenvalue weighted by Crippen LogP contribution is 2.31. The van der Waals surface area contributed by atoms with E-state index in [1.165, 1.54) is 17.3 Å². The second-order valence-corrected chi connectivity index (χ2v) is 8.24. The first-order valence-electron chi connectivity index (χ1n) is 9.93. The van der Waals surface area contributed by atoms with Gasteiger partial charge in [-0.1, -0.05) is 30.0 Å². The predicted molar refractivity (Wildman–Crippen MR) is 110 cm³/mol. The fourth-order valence-corrected chi connectivity index (χ4v) is 5.15. The van der Waals surface area contributed by atoms with Crippen molar-refractivity contribution in [1.29, 1.82) is 0 Å². The van der Waals surface area contributed by atoms with Crippen molar-refractivity contribution in [3.05, 3.63) is 51.6 Å². The van der Waals surface area contributed by atoms with E-state index >= 15 is 0 Å². The van der Waals surface area contributed by atoms with Crippen molar-refractivity contribution in [1.82, 2.24) is 9.55 Å². The van der Waals surface area contributed by atoms with Crippen LogP contribution in [0.3, 0.4) is 0 Å². The number of nitrogens with zero attached hydrogens (tertiary/aromatic N) is 3. The monoisotopic (exact) mass is 399 g/mol. The number of amides is 1. The largest absolute Gasteiger partial charge is 0.395 e. The Labute approximate surface area is 168 Å². The molecule has 0 unspecified atom stereocenters. The standard InChI is InChI=1S/C21H25N3O3S/c25-13-12-24-18-10-4-2-8-16(18)20(22-21(24)27)28-14-19(26)23-11-5-7-15-6-1-3-9-17(15)23/h1,3,6,9,25H,2,4-5,7-8,10-14H2. The van der Waals surface area contributed by atoms with Gasteiger partial charge in [-0.05, 0) is 50.2 Å². The van der Waals surface area contributed by atoms with Crippen LogP contribution in [-0.2, 0) is 30.6 Å². The van der Waals surface area contributed by atoms with Gasteiger partial charge >= 0.3 is 5.69 Å². The van der Waals surface area contributed by atoms with Crippen molar-refractivity contribution in [2.45, 2.75) is 50.1 Å². The number of anilines is 1. The number of carbonyl (C=O) groups excluding carboxylic acids is 1. The molecule has 1 N–H and O–H groups in total. The van der Waals surface area contributed by atoms with E-state index in [2.05, 4.69) is 11.1 Å². The number of fused-ring (bicyclic) bond motifs is 2. The van der Waals surface area contributed by atoms with Crippen LogP contribution in [-0.4, -0.2) is 39.5 Å². The SMILES string of the molecule is O=C(CSc1nc(=O)n(CCO)c2c1CCCC2)N1CCCc2ccccc21. The fourth-order valence-electron chi connectivity index (χ4n) is 4.20.